The van der Waals surface area contributed by atoms with Gasteiger partial charge in [0.1, 0.15) is 43.2 Å². The number of phosphoric ester groups is 1. The van der Waals surface area contributed by atoms with Crippen molar-refractivity contribution >= 4 is 19.8 Å². The van der Waals surface area contributed by atoms with E-state index in [1.54, 1.807) is 0 Å². The molecule has 0 aromatic carbocycles. The summed E-state index contributed by atoms with van der Waals surface area (Å²) in [7, 11) is -5.11. The Labute approximate surface area is 395 Å². The summed E-state index contributed by atoms with van der Waals surface area (Å²) in [6.07, 6.45) is 31.5. The highest BCUT2D eigenvalue weighted by Crippen LogP contribution is 2.47. The van der Waals surface area contributed by atoms with Crippen molar-refractivity contribution in [3.05, 3.63) is 0 Å². The van der Waals surface area contributed by atoms with Gasteiger partial charge in [-0.1, -0.05) is 232 Å². The molecule has 13 nitrogen and oxygen atoms in total. The molecule has 6 unspecified atom stereocenters. The molecule has 0 amide bonds. The summed E-state index contributed by atoms with van der Waals surface area (Å²) in [5.74, 6) is -1.08. The van der Waals surface area contributed by atoms with Gasteiger partial charge in [0.25, 0.3) is 0 Å². The lowest BCUT2D eigenvalue weighted by Crippen LogP contribution is -2.64. The Bertz CT molecular complexity index is 1150. The minimum Gasteiger partial charge on any atom is -0.462 e. The molecule has 65 heavy (non-hydrogen) atoms. The summed E-state index contributed by atoms with van der Waals surface area (Å²) < 4.78 is 33.7. The molecule has 0 bridgehead atoms. The second-order valence-electron chi connectivity index (χ2n) is 19.1. The fraction of sp³-hybridized carbons (Fsp3) is 0.961. The number of hydrogen-bond donors (Lipinski definition) is 6. The average molecular weight is 951 g/mol. The first kappa shape index (κ1) is 61.9. The van der Waals surface area contributed by atoms with Crippen LogP contribution in [0.4, 0.5) is 0 Å². The number of rotatable bonds is 46. The van der Waals surface area contributed by atoms with Crippen molar-refractivity contribution in [2.45, 2.75) is 301 Å². The van der Waals surface area contributed by atoms with Crippen LogP contribution < -0.4 is 0 Å². The van der Waals surface area contributed by atoms with Crippen molar-refractivity contribution in [3.63, 3.8) is 0 Å². The predicted octanol–water partition coefficient (Wildman–Crippen LogP) is 11.6. The maximum absolute atomic E-state index is 12.9. The SMILES string of the molecule is CCCCCCCCCCCCCCCCCCCCCC(=O)OC(COC(=O)CCCCCCCCCCCCCCCCCCC)COP(=O)(O)OC1C(O)C(O)C(O)C(O)C1O. The highest BCUT2D eigenvalue weighted by Gasteiger charge is 2.51. The molecule has 386 valence electrons. The lowest BCUT2D eigenvalue weighted by molar-refractivity contribution is -0.220. The Morgan fingerprint density at radius 1 is 0.415 bits per heavy atom. The van der Waals surface area contributed by atoms with E-state index in [4.69, 9.17) is 18.5 Å². The third kappa shape index (κ3) is 33.9. The molecule has 1 fully saturated rings. The van der Waals surface area contributed by atoms with Gasteiger partial charge in [-0.25, -0.2) is 4.57 Å². The zero-order valence-electron chi connectivity index (χ0n) is 41.3. The number of phosphoric acid groups is 1. The summed E-state index contributed by atoms with van der Waals surface area (Å²) in [6, 6.07) is 0. The van der Waals surface area contributed by atoms with Crippen LogP contribution in [-0.2, 0) is 32.7 Å². The van der Waals surface area contributed by atoms with Gasteiger partial charge in [0.2, 0.25) is 0 Å². The molecule has 0 aromatic rings. The lowest BCUT2D eigenvalue weighted by atomic mass is 9.85. The molecule has 6 N–H and O–H groups in total. The van der Waals surface area contributed by atoms with Gasteiger partial charge in [0.15, 0.2) is 6.10 Å². The number of esters is 2. The Morgan fingerprint density at radius 2 is 0.692 bits per heavy atom. The van der Waals surface area contributed by atoms with Gasteiger partial charge in [-0.15, -0.1) is 0 Å². The Balaban J connectivity index is 2.36. The van der Waals surface area contributed by atoms with Crippen LogP contribution in [0.15, 0.2) is 0 Å². The van der Waals surface area contributed by atoms with E-state index in [-0.39, 0.29) is 12.8 Å². The van der Waals surface area contributed by atoms with Crippen LogP contribution >= 0.6 is 7.82 Å². The maximum Gasteiger partial charge on any atom is 0.472 e. The molecule has 1 saturated carbocycles. The fourth-order valence-electron chi connectivity index (χ4n) is 8.64. The van der Waals surface area contributed by atoms with Crippen molar-refractivity contribution in [3.8, 4) is 0 Å². The van der Waals surface area contributed by atoms with Crippen molar-refractivity contribution in [2.24, 2.45) is 0 Å². The lowest BCUT2D eigenvalue weighted by Gasteiger charge is -2.41. The molecule has 0 aromatic heterocycles. The van der Waals surface area contributed by atoms with Crippen molar-refractivity contribution in [1.82, 2.24) is 0 Å². The molecule has 0 aliphatic heterocycles. The topological polar surface area (TPSA) is 210 Å². The van der Waals surface area contributed by atoms with Gasteiger partial charge in [-0.05, 0) is 12.8 Å². The van der Waals surface area contributed by atoms with Gasteiger partial charge in [-0.3, -0.25) is 18.6 Å². The number of carbonyl (C=O) groups is 2. The van der Waals surface area contributed by atoms with Gasteiger partial charge in [0.05, 0.1) is 6.61 Å². The zero-order valence-corrected chi connectivity index (χ0v) is 42.2. The van der Waals surface area contributed by atoms with Gasteiger partial charge in [0, 0.05) is 12.8 Å². The first-order valence-electron chi connectivity index (χ1n) is 26.8. The molecular weight excluding hydrogens is 852 g/mol. The Kier molecular flexibility index (Phi) is 39.8. The van der Waals surface area contributed by atoms with E-state index in [0.29, 0.717) is 12.8 Å². The molecule has 0 heterocycles. The molecule has 1 rings (SSSR count). The highest BCUT2D eigenvalue weighted by atomic mass is 31.2. The molecule has 14 heteroatoms. The molecule has 0 spiro atoms. The summed E-state index contributed by atoms with van der Waals surface area (Å²) in [4.78, 5) is 35.9. The zero-order chi connectivity index (χ0) is 47.8. The summed E-state index contributed by atoms with van der Waals surface area (Å²) in [5, 5.41) is 50.3. The third-order valence-corrected chi connectivity index (χ3v) is 13.9. The van der Waals surface area contributed by atoms with Crippen LogP contribution in [0.5, 0.6) is 0 Å². The smallest absolute Gasteiger partial charge is 0.462 e. The number of ether oxygens (including phenoxy) is 2. The van der Waals surface area contributed by atoms with Crippen LogP contribution in [0.1, 0.15) is 258 Å². The summed E-state index contributed by atoms with van der Waals surface area (Å²) >= 11 is 0. The Morgan fingerprint density at radius 3 is 1.02 bits per heavy atom. The number of unbranched alkanes of at least 4 members (excludes halogenated alkanes) is 34. The van der Waals surface area contributed by atoms with E-state index in [1.807, 2.05) is 0 Å². The molecule has 0 saturated heterocycles. The maximum atomic E-state index is 12.9. The van der Waals surface area contributed by atoms with Crippen LogP contribution in [0.2, 0.25) is 0 Å². The number of carbonyl (C=O) groups excluding carboxylic acids is 2. The second kappa shape index (κ2) is 41.8. The monoisotopic (exact) mass is 951 g/mol. The third-order valence-electron chi connectivity index (χ3n) is 12.9. The van der Waals surface area contributed by atoms with E-state index in [0.717, 1.165) is 38.5 Å². The predicted molar refractivity (Wildman–Crippen MR) is 258 cm³/mol. The van der Waals surface area contributed by atoms with E-state index < -0.39 is 75.7 Å². The van der Waals surface area contributed by atoms with E-state index in [1.165, 1.54) is 180 Å². The molecule has 6 atom stereocenters. The van der Waals surface area contributed by atoms with Crippen LogP contribution in [-0.4, -0.2) is 98.3 Å². The van der Waals surface area contributed by atoms with Gasteiger partial charge < -0.3 is 39.9 Å². The minimum atomic E-state index is -5.11. The molecule has 1 aliphatic carbocycles. The van der Waals surface area contributed by atoms with Gasteiger partial charge >= 0.3 is 19.8 Å². The van der Waals surface area contributed by atoms with Gasteiger partial charge in [-0.2, -0.15) is 0 Å². The van der Waals surface area contributed by atoms with Crippen LogP contribution in [0.25, 0.3) is 0 Å². The molecular formula is C51H99O13P. The number of aliphatic hydroxyl groups excluding tert-OH is 5. The number of aliphatic hydroxyl groups is 5. The summed E-state index contributed by atoms with van der Waals surface area (Å²) in [5.41, 5.74) is 0. The highest BCUT2D eigenvalue weighted by molar-refractivity contribution is 7.47. The first-order chi connectivity index (χ1) is 31.4. The quantitative estimate of drug-likeness (QED) is 0.0191. The normalized spacial score (nSPS) is 21.3. The van der Waals surface area contributed by atoms with Crippen LogP contribution in [0.3, 0.4) is 0 Å². The standard InChI is InChI=1S/C51H99O13P/c1-3-5-7-9-11-13-15-17-19-21-22-24-26-28-30-32-34-36-38-40-45(53)63-43(42-62-65(59,60)64-51-49(57)47(55)46(54)48(56)50(51)58)41-61-44(52)39-37-35-33-31-29-27-25-23-20-18-16-14-12-10-8-6-4-2/h43,46-51,54-58H,3-42H2,1-2H3,(H,59,60). The largest absolute Gasteiger partial charge is 0.472 e. The molecule has 0 radical (unpaired) electrons. The fourth-order valence-corrected chi connectivity index (χ4v) is 9.62. The average Bonchev–Trinajstić information content (AvgIpc) is 3.29. The van der Waals surface area contributed by atoms with E-state index >= 15 is 0 Å². The molecule has 1 aliphatic rings. The second-order valence-corrected chi connectivity index (χ2v) is 20.5. The van der Waals surface area contributed by atoms with Crippen molar-refractivity contribution in [2.75, 3.05) is 13.2 Å². The minimum absolute atomic E-state index is 0.106. The first-order valence-corrected chi connectivity index (χ1v) is 28.3. The van der Waals surface area contributed by atoms with Crippen LogP contribution in [0, 0.1) is 0 Å². The van der Waals surface area contributed by atoms with E-state index in [9.17, 15) is 44.6 Å². The van der Waals surface area contributed by atoms with E-state index in [2.05, 4.69) is 13.8 Å². The summed E-state index contributed by atoms with van der Waals surface area (Å²) in [6.45, 7) is 3.36. The van der Waals surface area contributed by atoms with Crippen molar-refractivity contribution in [1.29, 1.82) is 0 Å². The Hall–Kier alpha value is -1.15. The number of hydrogen-bond acceptors (Lipinski definition) is 12. The van der Waals surface area contributed by atoms with Crippen molar-refractivity contribution < 1.29 is 63.1 Å².